The van der Waals surface area contributed by atoms with Crippen LogP contribution in [-0.2, 0) is 0 Å². The molecule has 0 unspecified atom stereocenters. The lowest BCUT2D eigenvalue weighted by molar-refractivity contribution is 0.399. The van der Waals surface area contributed by atoms with Gasteiger partial charge in [0.2, 0.25) is 0 Å². The van der Waals surface area contributed by atoms with Crippen molar-refractivity contribution in [3.8, 4) is 0 Å². The van der Waals surface area contributed by atoms with Crippen LogP contribution in [0.4, 0.5) is 11.4 Å². The first-order valence-corrected chi connectivity index (χ1v) is 12.2. The molecule has 28 heavy (non-hydrogen) atoms. The largest absolute Gasteiger partial charge is 0.368 e. The van der Waals surface area contributed by atoms with Crippen molar-refractivity contribution < 1.29 is 0 Å². The monoisotopic (exact) mass is 384 g/mol. The molecule has 2 saturated carbocycles. The van der Waals surface area contributed by atoms with E-state index >= 15 is 0 Å². The van der Waals surface area contributed by atoms with Crippen molar-refractivity contribution in [2.24, 2.45) is 11.8 Å². The van der Waals surface area contributed by atoms with Gasteiger partial charge in [-0.25, -0.2) is 0 Å². The summed E-state index contributed by atoms with van der Waals surface area (Å²) in [5.74, 6) is 1.41. The zero-order valence-electron chi connectivity index (χ0n) is 19.0. The van der Waals surface area contributed by atoms with Crippen LogP contribution in [0.1, 0.15) is 91.9 Å². The molecule has 0 spiro atoms. The molecule has 1 aromatic rings. The zero-order chi connectivity index (χ0) is 19.9. The SMILES string of the molecule is CC(C)CN(c1cccc(N(CC(C)C)C2CCCCC2)c1)C1CCCCC1. The van der Waals surface area contributed by atoms with E-state index in [-0.39, 0.29) is 0 Å². The highest BCUT2D eigenvalue weighted by atomic mass is 15.2. The van der Waals surface area contributed by atoms with Crippen molar-refractivity contribution in [3.63, 3.8) is 0 Å². The summed E-state index contributed by atoms with van der Waals surface area (Å²) in [7, 11) is 0. The molecule has 2 fully saturated rings. The van der Waals surface area contributed by atoms with Gasteiger partial charge in [0, 0.05) is 36.5 Å². The molecule has 0 amide bonds. The fourth-order valence-electron chi connectivity index (χ4n) is 5.35. The molecule has 3 rings (SSSR count). The molecule has 0 aliphatic heterocycles. The van der Waals surface area contributed by atoms with Gasteiger partial charge in [0.15, 0.2) is 0 Å². The van der Waals surface area contributed by atoms with Crippen molar-refractivity contribution in [1.82, 2.24) is 0 Å². The normalized spacial score (nSPS) is 19.4. The summed E-state index contributed by atoms with van der Waals surface area (Å²) in [6, 6.07) is 11.0. The van der Waals surface area contributed by atoms with Crippen molar-refractivity contribution in [2.75, 3.05) is 22.9 Å². The summed E-state index contributed by atoms with van der Waals surface area (Å²) < 4.78 is 0. The summed E-state index contributed by atoms with van der Waals surface area (Å²) >= 11 is 0. The second-order valence-electron chi connectivity index (χ2n) is 10.2. The molecule has 2 heteroatoms. The number of nitrogens with zero attached hydrogens (tertiary/aromatic N) is 2. The van der Waals surface area contributed by atoms with Crippen LogP contribution in [-0.4, -0.2) is 25.2 Å². The van der Waals surface area contributed by atoms with Gasteiger partial charge in [0.05, 0.1) is 0 Å². The van der Waals surface area contributed by atoms with Gasteiger partial charge in [-0.3, -0.25) is 0 Å². The summed E-state index contributed by atoms with van der Waals surface area (Å²) in [4.78, 5) is 5.50. The molecule has 1 aromatic carbocycles. The molecule has 0 bridgehead atoms. The Morgan fingerprint density at radius 1 is 0.679 bits per heavy atom. The standard InChI is InChI=1S/C26H44N2/c1-21(2)19-27(23-12-7-5-8-13-23)25-16-11-17-26(18-25)28(20-22(3)4)24-14-9-6-10-15-24/h11,16-18,21-24H,5-10,12-15,19-20H2,1-4H3. The van der Waals surface area contributed by atoms with Crippen LogP contribution in [0.25, 0.3) is 0 Å². The van der Waals surface area contributed by atoms with Gasteiger partial charge in [-0.2, -0.15) is 0 Å². The average Bonchev–Trinajstić information content (AvgIpc) is 2.71. The van der Waals surface area contributed by atoms with Crippen molar-refractivity contribution in [1.29, 1.82) is 0 Å². The molecular weight excluding hydrogens is 340 g/mol. The second kappa shape index (κ2) is 10.6. The Morgan fingerprint density at radius 3 is 1.43 bits per heavy atom. The lowest BCUT2D eigenvalue weighted by Gasteiger charge is -2.40. The van der Waals surface area contributed by atoms with E-state index in [1.807, 2.05) is 0 Å². The lowest BCUT2D eigenvalue weighted by atomic mass is 9.92. The van der Waals surface area contributed by atoms with Gasteiger partial charge in [-0.1, -0.05) is 72.3 Å². The minimum Gasteiger partial charge on any atom is -0.368 e. The number of benzene rings is 1. The second-order valence-corrected chi connectivity index (χ2v) is 10.2. The Bertz CT molecular complexity index is 520. The van der Waals surface area contributed by atoms with Gasteiger partial charge in [-0.05, 0) is 55.7 Å². The van der Waals surface area contributed by atoms with Gasteiger partial charge in [0.1, 0.15) is 0 Å². The van der Waals surface area contributed by atoms with Crippen molar-refractivity contribution >= 4 is 11.4 Å². The maximum absolute atomic E-state index is 2.75. The highest BCUT2D eigenvalue weighted by Crippen LogP contribution is 2.33. The number of hydrogen-bond acceptors (Lipinski definition) is 2. The van der Waals surface area contributed by atoms with Crippen LogP contribution >= 0.6 is 0 Å². The van der Waals surface area contributed by atoms with Crippen LogP contribution in [0.2, 0.25) is 0 Å². The average molecular weight is 385 g/mol. The molecule has 2 nitrogen and oxygen atoms in total. The van der Waals surface area contributed by atoms with E-state index in [9.17, 15) is 0 Å². The molecule has 0 radical (unpaired) electrons. The van der Waals surface area contributed by atoms with E-state index in [4.69, 9.17) is 0 Å². The van der Waals surface area contributed by atoms with Gasteiger partial charge in [0.25, 0.3) is 0 Å². The van der Waals surface area contributed by atoms with Gasteiger partial charge < -0.3 is 9.80 Å². The molecule has 0 N–H and O–H groups in total. The van der Waals surface area contributed by atoms with Crippen molar-refractivity contribution in [2.45, 2.75) is 104 Å². The minimum atomic E-state index is 0.704. The Labute approximate surface area is 174 Å². The first kappa shape index (κ1) is 21.5. The maximum atomic E-state index is 2.75. The molecule has 158 valence electrons. The summed E-state index contributed by atoms with van der Waals surface area (Å²) in [5, 5.41) is 0. The van der Waals surface area contributed by atoms with Crippen molar-refractivity contribution in [3.05, 3.63) is 24.3 Å². The van der Waals surface area contributed by atoms with E-state index in [0.717, 1.165) is 12.1 Å². The van der Waals surface area contributed by atoms with E-state index in [2.05, 4.69) is 61.8 Å². The van der Waals surface area contributed by atoms with E-state index in [1.54, 1.807) is 0 Å². The summed E-state index contributed by atoms with van der Waals surface area (Å²) in [5.41, 5.74) is 2.92. The number of anilines is 2. The highest BCUT2D eigenvalue weighted by Gasteiger charge is 2.25. The summed E-state index contributed by atoms with van der Waals surface area (Å²) in [6.45, 7) is 11.8. The Hall–Kier alpha value is -1.18. The predicted octanol–water partition coefficient (Wildman–Crippen LogP) is 7.28. The molecule has 0 saturated heterocycles. The molecule has 0 heterocycles. The molecule has 2 aliphatic carbocycles. The fourth-order valence-corrected chi connectivity index (χ4v) is 5.35. The highest BCUT2D eigenvalue weighted by molar-refractivity contribution is 5.60. The lowest BCUT2D eigenvalue weighted by Crippen LogP contribution is -2.41. The third-order valence-electron chi connectivity index (χ3n) is 6.65. The molecule has 0 atom stereocenters. The minimum absolute atomic E-state index is 0.704. The van der Waals surface area contributed by atoms with E-state index < -0.39 is 0 Å². The Kier molecular flexibility index (Phi) is 8.11. The van der Waals surface area contributed by atoms with Crippen LogP contribution in [0, 0.1) is 11.8 Å². The van der Waals surface area contributed by atoms with E-state index in [0.29, 0.717) is 11.8 Å². The van der Waals surface area contributed by atoms with E-state index in [1.165, 1.54) is 88.7 Å². The smallest absolute Gasteiger partial charge is 0.0389 e. The number of rotatable bonds is 8. The number of hydrogen-bond donors (Lipinski definition) is 0. The maximum Gasteiger partial charge on any atom is 0.0389 e. The van der Waals surface area contributed by atoms with Crippen LogP contribution in [0.3, 0.4) is 0 Å². The molecular formula is C26H44N2. The topological polar surface area (TPSA) is 6.48 Å². The first-order valence-electron chi connectivity index (χ1n) is 12.2. The summed E-state index contributed by atoms with van der Waals surface area (Å²) in [6.07, 6.45) is 13.9. The quantitative estimate of drug-likeness (QED) is 0.465. The van der Waals surface area contributed by atoms with Gasteiger partial charge >= 0.3 is 0 Å². The fraction of sp³-hybridized carbons (Fsp3) is 0.769. The third kappa shape index (κ3) is 5.91. The van der Waals surface area contributed by atoms with Crippen LogP contribution in [0.5, 0.6) is 0 Å². The first-order chi connectivity index (χ1) is 13.5. The van der Waals surface area contributed by atoms with Crippen LogP contribution < -0.4 is 9.80 Å². The zero-order valence-corrected chi connectivity index (χ0v) is 19.0. The molecule has 0 aromatic heterocycles. The van der Waals surface area contributed by atoms with Gasteiger partial charge in [-0.15, -0.1) is 0 Å². The third-order valence-corrected chi connectivity index (χ3v) is 6.65. The molecule has 2 aliphatic rings. The Morgan fingerprint density at radius 2 is 1.07 bits per heavy atom. The predicted molar refractivity (Wildman–Crippen MR) is 125 cm³/mol. The Balaban J connectivity index is 1.85. The van der Waals surface area contributed by atoms with Crippen LogP contribution in [0.15, 0.2) is 24.3 Å².